The van der Waals surface area contributed by atoms with Crippen molar-refractivity contribution in [2.45, 2.75) is 110 Å². The predicted molar refractivity (Wildman–Crippen MR) is 275 cm³/mol. The second kappa shape index (κ2) is 32.7. The Hall–Kier alpha value is -4.42. The molecule has 72 heavy (non-hydrogen) atoms. The van der Waals surface area contributed by atoms with E-state index in [0.29, 0.717) is 11.5 Å². The Morgan fingerprint density at radius 2 is 1.29 bits per heavy atom. The van der Waals surface area contributed by atoms with Crippen LogP contribution in [0.1, 0.15) is 78.5 Å². The predicted octanol–water partition coefficient (Wildman–Crippen LogP) is 7.21. The van der Waals surface area contributed by atoms with Crippen LogP contribution in [0, 0.1) is 17.2 Å². The summed E-state index contributed by atoms with van der Waals surface area (Å²) >= 11 is 0. The zero-order chi connectivity index (χ0) is 51.8. The highest BCUT2D eigenvalue weighted by molar-refractivity contribution is 7.59. The zero-order valence-corrected chi connectivity index (χ0v) is 45.3. The zero-order valence-electron chi connectivity index (χ0n) is 43.4. The Labute approximate surface area is 433 Å². The van der Waals surface area contributed by atoms with Gasteiger partial charge in [-0.1, -0.05) is 61.5 Å². The van der Waals surface area contributed by atoms with Crippen LogP contribution < -0.4 is 14.8 Å². The van der Waals surface area contributed by atoms with Crippen molar-refractivity contribution in [1.82, 2.24) is 9.99 Å². The molecule has 0 bridgehead atoms. The molecule has 1 unspecified atom stereocenters. The standard InChI is InChI=1S/C52H74N3O15P.H2S/c1-36(2)55(37(3)4)71(67-26-14-25-53)70-47(34-66-52(42-15-12-11-13-16-42,43-17-21-45(59-9)22-18-43)44-19-23-46(60-10)24-20-44)33-63-30-29-61-27-28-62-31-32-64-51-49(54-39(6)56)50(68-41(8)58)38(5)48(69-51)35-65-40(7)57;/h11-13,15-24,36-38,47-51H,14,26-35H2,1-10H3,(H,54,56);1H2/t38-,47-,48+,49+,50-,51+,71?;/m0./s1. The number of nitrogens with zero attached hydrogens (tertiary/aromatic N) is 2. The summed E-state index contributed by atoms with van der Waals surface area (Å²) in [5, 5.41) is 12.2. The first kappa shape index (κ1) is 61.9. The molecule has 0 saturated carbocycles. The molecule has 20 heteroatoms. The molecule has 1 N–H and O–H groups in total. The molecule has 7 atom stereocenters. The Morgan fingerprint density at radius 3 is 1.79 bits per heavy atom. The SMILES string of the molecule is COc1ccc(C(OC[C@H](COCCOCCOCCO[C@@H]2O[C@H](COC(C)=O)[C@H](C)[C@H](OC(C)=O)[C@H]2NC(C)=O)OP(OCCC#N)N(C(C)C)C(C)C)(c2ccccc2)c2ccc(OC)cc2)cc1.S. The van der Waals surface area contributed by atoms with E-state index >= 15 is 0 Å². The Bertz CT molecular complexity index is 2010. The highest BCUT2D eigenvalue weighted by atomic mass is 32.1. The highest BCUT2D eigenvalue weighted by Gasteiger charge is 2.47. The molecule has 0 radical (unpaired) electrons. The fourth-order valence-electron chi connectivity index (χ4n) is 8.07. The van der Waals surface area contributed by atoms with Crippen LogP contribution >= 0.6 is 22.0 Å². The number of carbonyl (C=O) groups is 3. The largest absolute Gasteiger partial charge is 0.497 e. The van der Waals surface area contributed by atoms with E-state index in [2.05, 4.69) is 43.8 Å². The quantitative estimate of drug-likeness (QED) is 0.0284. The van der Waals surface area contributed by atoms with Crippen molar-refractivity contribution >= 4 is 39.9 Å². The highest BCUT2D eigenvalue weighted by Crippen LogP contribution is 2.48. The lowest BCUT2D eigenvalue weighted by atomic mass is 9.80. The van der Waals surface area contributed by atoms with Gasteiger partial charge in [0.05, 0.1) is 86.2 Å². The molecule has 1 amide bonds. The van der Waals surface area contributed by atoms with Crippen molar-refractivity contribution in [3.05, 3.63) is 95.6 Å². The summed E-state index contributed by atoms with van der Waals surface area (Å²) in [6, 6.07) is 27.1. The van der Waals surface area contributed by atoms with E-state index in [9.17, 15) is 19.6 Å². The van der Waals surface area contributed by atoms with E-state index in [-0.39, 0.29) is 104 Å². The summed E-state index contributed by atoms with van der Waals surface area (Å²) in [5.41, 5.74) is 1.49. The van der Waals surface area contributed by atoms with Crippen molar-refractivity contribution in [3.63, 3.8) is 0 Å². The molecule has 400 valence electrons. The molecule has 1 heterocycles. The monoisotopic (exact) mass is 1050 g/mol. The van der Waals surface area contributed by atoms with Crippen molar-refractivity contribution < 1.29 is 70.8 Å². The van der Waals surface area contributed by atoms with E-state index in [1.165, 1.54) is 20.8 Å². The molecule has 4 rings (SSSR count). The van der Waals surface area contributed by atoms with E-state index in [1.807, 2.05) is 78.9 Å². The maximum atomic E-state index is 12.2. The summed E-state index contributed by atoms with van der Waals surface area (Å²) in [5.74, 6) is -0.416. The van der Waals surface area contributed by atoms with Gasteiger partial charge in [-0.15, -0.1) is 0 Å². The van der Waals surface area contributed by atoms with E-state index in [1.54, 1.807) is 21.1 Å². The first-order valence-electron chi connectivity index (χ1n) is 24.0. The van der Waals surface area contributed by atoms with Crippen LogP contribution in [0.4, 0.5) is 0 Å². The third kappa shape index (κ3) is 19.1. The molecule has 3 aromatic carbocycles. The molecule has 3 aromatic rings. The van der Waals surface area contributed by atoms with Gasteiger partial charge in [0, 0.05) is 38.8 Å². The lowest BCUT2D eigenvalue weighted by molar-refractivity contribution is -0.262. The van der Waals surface area contributed by atoms with Crippen LogP contribution in [0.15, 0.2) is 78.9 Å². The Balaban J connectivity index is 0.0000137. The molecule has 0 spiro atoms. The molecule has 18 nitrogen and oxygen atoms in total. The van der Waals surface area contributed by atoms with Gasteiger partial charge in [0.15, 0.2) is 6.29 Å². The van der Waals surface area contributed by atoms with Gasteiger partial charge in [-0.2, -0.15) is 18.8 Å². The Morgan fingerprint density at radius 1 is 0.750 bits per heavy atom. The number of rotatable bonds is 32. The summed E-state index contributed by atoms with van der Waals surface area (Å²) in [4.78, 5) is 35.8. The van der Waals surface area contributed by atoms with Gasteiger partial charge >= 0.3 is 11.9 Å². The van der Waals surface area contributed by atoms with Gasteiger partial charge < -0.3 is 61.7 Å². The second-order valence-electron chi connectivity index (χ2n) is 17.3. The summed E-state index contributed by atoms with van der Waals surface area (Å²) in [6.07, 6.45) is -2.92. The van der Waals surface area contributed by atoms with Crippen LogP contribution in [-0.2, 0) is 66.9 Å². The van der Waals surface area contributed by atoms with Crippen LogP contribution in [0.5, 0.6) is 11.5 Å². The number of nitriles is 1. The molecule has 1 fully saturated rings. The molecule has 1 saturated heterocycles. The van der Waals surface area contributed by atoms with Crippen molar-refractivity contribution in [2.75, 3.05) is 80.3 Å². The maximum Gasteiger partial charge on any atom is 0.302 e. The lowest BCUT2D eigenvalue weighted by Gasteiger charge is -2.44. The fraction of sp³-hybridized carbons (Fsp3) is 0.577. The molecular formula is C52H76N3O15PS. The first-order chi connectivity index (χ1) is 34.1. The van der Waals surface area contributed by atoms with Crippen LogP contribution in [0.25, 0.3) is 0 Å². The van der Waals surface area contributed by atoms with Crippen molar-refractivity contribution in [1.29, 1.82) is 5.26 Å². The van der Waals surface area contributed by atoms with Crippen LogP contribution in [0.2, 0.25) is 0 Å². The van der Waals surface area contributed by atoms with Crippen LogP contribution in [0.3, 0.4) is 0 Å². The third-order valence-corrected chi connectivity index (χ3v) is 13.5. The van der Waals surface area contributed by atoms with Gasteiger partial charge in [-0.3, -0.25) is 14.4 Å². The number of esters is 2. The minimum absolute atomic E-state index is 0. The third-order valence-electron chi connectivity index (χ3n) is 11.3. The van der Waals surface area contributed by atoms with Gasteiger partial charge in [0.25, 0.3) is 8.53 Å². The number of methoxy groups -OCH3 is 2. The summed E-state index contributed by atoms with van der Waals surface area (Å²) in [7, 11) is 1.59. The molecule has 1 aliphatic heterocycles. The maximum absolute atomic E-state index is 12.2. The Kier molecular flexibility index (Phi) is 28.1. The normalized spacial score (nSPS) is 18.7. The lowest BCUT2D eigenvalue weighted by Crippen LogP contribution is -2.63. The smallest absolute Gasteiger partial charge is 0.302 e. The molecule has 1 aliphatic rings. The fourth-order valence-corrected chi connectivity index (χ4v) is 9.75. The first-order valence-corrected chi connectivity index (χ1v) is 25.1. The van der Waals surface area contributed by atoms with Gasteiger partial charge in [-0.05, 0) is 68.7 Å². The number of hydrogen-bond donors (Lipinski definition) is 1. The average molecular weight is 1050 g/mol. The number of benzene rings is 3. The summed E-state index contributed by atoms with van der Waals surface area (Å²) < 4.78 is 74.5. The number of ether oxygens (including phenoxy) is 10. The van der Waals surface area contributed by atoms with E-state index in [4.69, 9.17) is 56.4 Å². The van der Waals surface area contributed by atoms with Gasteiger partial charge in [-0.25, -0.2) is 4.67 Å². The summed E-state index contributed by atoms with van der Waals surface area (Å²) in [6.45, 7) is 15.6. The average Bonchev–Trinajstić information content (AvgIpc) is 3.34. The molecule has 0 aliphatic carbocycles. The van der Waals surface area contributed by atoms with E-state index in [0.717, 1.165) is 16.7 Å². The van der Waals surface area contributed by atoms with E-state index < -0.39 is 62.6 Å². The number of amides is 1. The van der Waals surface area contributed by atoms with Crippen molar-refractivity contribution in [2.24, 2.45) is 5.92 Å². The minimum atomic E-state index is -1.67. The van der Waals surface area contributed by atoms with Crippen LogP contribution in [-0.4, -0.2) is 146 Å². The molecule has 0 aromatic heterocycles. The number of hydrogen-bond acceptors (Lipinski definition) is 17. The number of carbonyl (C=O) groups excluding carboxylic acids is 3. The van der Waals surface area contributed by atoms with Gasteiger partial charge in [0.1, 0.15) is 48.1 Å². The minimum Gasteiger partial charge on any atom is -0.497 e. The number of nitrogens with one attached hydrogen (secondary N) is 1. The second-order valence-corrected chi connectivity index (χ2v) is 18.7. The molecular weight excluding hydrogens is 970 g/mol. The van der Waals surface area contributed by atoms with Crippen molar-refractivity contribution in [3.8, 4) is 17.6 Å². The van der Waals surface area contributed by atoms with Gasteiger partial charge in [0.2, 0.25) is 5.91 Å². The topological polar surface area (TPSA) is 201 Å².